The van der Waals surface area contributed by atoms with Crippen LogP contribution in [0.5, 0.6) is 5.75 Å². The van der Waals surface area contributed by atoms with Gasteiger partial charge in [-0.15, -0.1) is 0 Å². The van der Waals surface area contributed by atoms with Crippen molar-refractivity contribution in [2.45, 2.75) is 18.3 Å². The maximum absolute atomic E-state index is 13.5. The van der Waals surface area contributed by atoms with Crippen molar-refractivity contribution in [3.63, 3.8) is 0 Å². The molecule has 1 N–H and O–H groups in total. The van der Waals surface area contributed by atoms with Gasteiger partial charge in [0.05, 0.1) is 0 Å². The molecule has 0 aliphatic carbocycles. The minimum absolute atomic E-state index is 0.170. The van der Waals surface area contributed by atoms with Gasteiger partial charge in [0.1, 0.15) is 5.75 Å². The molecule has 0 saturated carbocycles. The lowest BCUT2D eigenvalue weighted by atomic mass is 9.99. The number of phenols is 1. The summed E-state index contributed by atoms with van der Waals surface area (Å²) in [6, 6.07) is 7.27. The molecule has 7 heteroatoms. The van der Waals surface area contributed by atoms with E-state index < -0.39 is 29.6 Å². The Balaban J connectivity index is 2.53. The normalized spacial score (nSPS) is 14.5. The molecule has 0 fully saturated rings. The molecule has 108 valence electrons. The van der Waals surface area contributed by atoms with Crippen LogP contribution in [0.3, 0.4) is 0 Å². The minimum atomic E-state index is -6.01. The largest absolute Gasteiger partial charge is 0.507 e. The van der Waals surface area contributed by atoms with E-state index in [0.717, 1.165) is 6.07 Å². The fourth-order valence-electron chi connectivity index (χ4n) is 1.81. The Labute approximate surface area is 109 Å². The monoisotopic (exact) mass is 294 g/mol. The van der Waals surface area contributed by atoms with Crippen LogP contribution >= 0.6 is 0 Å². The Hall–Kier alpha value is -1.92. The van der Waals surface area contributed by atoms with E-state index in [1.54, 1.807) is 6.07 Å². The first kappa shape index (κ1) is 14.5. The zero-order chi connectivity index (χ0) is 15.1. The quantitative estimate of drug-likeness (QED) is 0.792. The van der Waals surface area contributed by atoms with Crippen LogP contribution in [0.25, 0.3) is 10.8 Å². The summed E-state index contributed by atoms with van der Waals surface area (Å²) >= 11 is 0. The summed E-state index contributed by atoms with van der Waals surface area (Å²) in [6.45, 7) is 0. The zero-order valence-corrected chi connectivity index (χ0v) is 9.76. The standard InChI is InChI=1S/C13H8F6O/c14-11(12(15,16)13(17,18)19)8-5-7-3-1-2-4-9(7)10(20)6-8/h1-6,11,20H. The number of benzene rings is 2. The summed E-state index contributed by atoms with van der Waals surface area (Å²) in [5.41, 5.74) is -0.927. The molecule has 0 aromatic heterocycles. The minimum Gasteiger partial charge on any atom is -0.507 e. The summed E-state index contributed by atoms with van der Waals surface area (Å²) in [4.78, 5) is 0. The fraction of sp³-hybridized carbons (Fsp3) is 0.231. The van der Waals surface area contributed by atoms with E-state index in [4.69, 9.17) is 0 Å². The second-order valence-corrected chi connectivity index (χ2v) is 4.24. The summed E-state index contributed by atoms with van der Waals surface area (Å²) in [6.07, 6.45) is -9.59. The fourth-order valence-corrected chi connectivity index (χ4v) is 1.81. The first-order chi connectivity index (χ1) is 9.14. The average Bonchev–Trinajstić information content (AvgIpc) is 2.36. The maximum Gasteiger partial charge on any atom is 0.456 e. The van der Waals surface area contributed by atoms with E-state index in [1.807, 2.05) is 0 Å². The molecule has 0 bridgehead atoms. The second kappa shape index (κ2) is 4.57. The molecule has 0 aliphatic heterocycles. The van der Waals surface area contributed by atoms with E-state index in [1.165, 1.54) is 18.2 Å². The highest BCUT2D eigenvalue weighted by Gasteiger charge is 2.63. The maximum atomic E-state index is 13.5. The van der Waals surface area contributed by atoms with Crippen molar-refractivity contribution >= 4 is 10.8 Å². The zero-order valence-electron chi connectivity index (χ0n) is 9.76. The lowest BCUT2D eigenvalue weighted by Gasteiger charge is -2.23. The van der Waals surface area contributed by atoms with Crippen molar-refractivity contribution < 1.29 is 31.4 Å². The Morgan fingerprint density at radius 3 is 2.15 bits per heavy atom. The Kier molecular flexibility index (Phi) is 3.31. The van der Waals surface area contributed by atoms with E-state index in [0.29, 0.717) is 6.07 Å². The number of hydrogen-bond donors (Lipinski definition) is 1. The van der Waals surface area contributed by atoms with Crippen molar-refractivity contribution in [2.24, 2.45) is 0 Å². The topological polar surface area (TPSA) is 20.2 Å². The predicted molar refractivity (Wildman–Crippen MR) is 60.5 cm³/mol. The van der Waals surface area contributed by atoms with Crippen LogP contribution in [0, 0.1) is 0 Å². The van der Waals surface area contributed by atoms with Crippen molar-refractivity contribution in [3.8, 4) is 5.75 Å². The van der Waals surface area contributed by atoms with Crippen molar-refractivity contribution in [3.05, 3.63) is 42.0 Å². The summed E-state index contributed by atoms with van der Waals surface area (Å²) in [7, 11) is 0. The number of hydrogen-bond acceptors (Lipinski definition) is 1. The Morgan fingerprint density at radius 2 is 1.55 bits per heavy atom. The molecule has 0 amide bonds. The summed E-state index contributed by atoms with van der Waals surface area (Å²) in [5, 5.41) is 9.98. The van der Waals surface area contributed by atoms with Gasteiger partial charge in [-0.25, -0.2) is 4.39 Å². The van der Waals surface area contributed by atoms with Crippen LogP contribution in [-0.2, 0) is 0 Å². The predicted octanol–water partition coefficient (Wildman–Crippen LogP) is 4.75. The molecule has 1 unspecified atom stereocenters. The Bertz CT molecular complexity index is 634. The summed E-state index contributed by atoms with van der Waals surface area (Å²) < 4.78 is 75.9. The molecule has 1 atom stereocenters. The highest BCUT2D eigenvalue weighted by molar-refractivity contribution is 5.88. The van der Waals surface area contributed by atoms with E-state index in [2.05, 4.69) is 0 Å². The number of fused-ring (bicyclic) bond motifs is 1. The number of aromatic hydroxyl groups is 1. The molecule has 0 saturated heterocycles. The van der Waals surface area contributed by atoms with Crippen LogP contribution in [0.2, 0.25) is 0 Å². The SMILES string of the molecule is Oc1cc(C(F)C(F)(F)C(F)(F)F)cc2ccccc12. The first-order valence-corrected chi connectivity index (χ1v) is 5.45. The summed E-state index contributed by atoms with van der Waals surface area (Å²) in [5.74, 6) is -6.08. The molecule has 2 aromatic rings. The highest BCUT2D eigenvalue weighted by atomic mass is 19.4. The van der Waals surface area contributed by atoms with Gasteiger partial charge in [-0.1, -0.05) is 24.3 Å². The van der Waals surface area contributed by atoms with E-state index >= 15 is 0 Å². The van der Waals surface area contributed by atoms with Crippen LogP contribution in [0.15, 0.2) is 36.4 Å². The third-order valence-corrected chi connectivity index (χ3v) is 2.85. The number of alkyl halides is 6. The van der Waals surface area contributed by atoms with Crippen molar-refractivity contribution in [2.75, 3.05) is 0 Å². The number of rotatable bonds is 2. The average molecular weight is 294 g/mol. The molecule has 2 aromatic carbocycles. The van der Waals surface area contributed by atoms with Gasteiger partial charge in [0.15, 0.2) is 6.17 Å². The molecule has 20 heavy (non-hydrogen) atoms. The van der Waals surface area contributed by atoms with E-state index in [-0.39, 0.29) is 10.8 Å². The lowest BCUT2D eigenvalue weighted by Crippen LogP contribution is -2.40. The smallest absolute Gasteiger partial charge is 0.456 e. The van der Waals surface area contributed by atoms with Gasteiger partial charge in [0.2, 0.25) is 0 Å². The molecule has 1 nitrogen and oxygen atoms in total. The van der Waals surface area contributed by atoms with Gasteiger partial charge in [-0.05, 0) is 23.1 Å². The van der Waals surface area contributed by atoms with Gasteiger partial charge < -0.3 is 5.11 Å². The van der Waals surface area contributed by atoms with Crippen LogP contribution < -0.4 is 0 Å². The third kappa shape index (κ3) is 2.28. The molecule has 2 rings (SSSR count). The first-order valence-electron chi connectivity index (χ1n) is 5.45. The molecule has 0 spiro atoms. The molecule has 0 heterocycles. The third-order valence-electron chi connectivity index (χ3n) is 2.85. The Morgan fingerprint density at radius 1 is 0.950 bits per heavy atom. The molecular formula is C13H8F6O. The lowest BCUT2D eigenvalue weighted by molar-refractivity contribution is -0.305. The highest BCUT2D eigenvalue weighted by Crippen LogP contribution is 2.47. The molecule has 0 radical (unpaired) electrons. The molecule has 0 aliphatic rings. The number of phenolic OH excluding ortho intramolecular Hbond substituents is 1. The van der Waals surface area contributed by atoms with Crippen LogP contribution in [0.4, 0.5) is 26.3 Å². The van der Waals surface area contributed by atoms with E-state index in [9.17, 15) is 31.4 Å². The molecular weight excluding hydrogens is 286 g/mol. The van der Waals surface area contributed by atoms with Gasteiger partial charge >= 0.3 is 12.1 Å². The van der Waals surface area contributed by atoms with Gasteiger partial charge in [-0.2, -0.15) is 22.0 Å². The van der Waals surface area contributed by atoms with Gasteiger partial charge in [0.25, 0.3) is 0 Å². The second-order valence-electron chi connectivity index (χ2n) is 4.24. The van der Waals surface area contributed by atoms with Crippen molar-refractivity contribution in [1.29, 1.82) is 0 Å². The van der Waals surface area contributed by atoms with Crippen LogP contribution in [0.1, 0.15) is 11.7 Å². The van der Waals surface area contributed by atoms with Crippen LogP contribution in [-0.4, -0.2) is 17.2 Å². The van der Waals surface area contributed by atoms with Crippen molar-refractivity contribution in [1.82, 2.24) is 0 Å². The number of halogens is 6. The van der Waals surface area contributed by atoms with Gasteiger partial charge in [0, 0.05) is 5.39 Å². The van der Waals surface area contributed by atoms with Gasteiger partial charge in [-0.3, -0.25) is 0 Å².